The van der Waals surface area contributed by atoms with E-state index in [1.54, 1.807) is 12.1 Å². The standard InChI is InChI=1S/C17H17Br2N3O5S/c1-3-5-27-15-10(26-4-2)6-9(13(18)14(15)19)8-20-22-17-21-16(25)11(28-17)7-12(23)24/h3,6,8,11H,1,4-5,7H2,2H3,(H,23,24)(H,21,22,25). The van der Waals surface area contributed by atoms with Crippen LogP contribution in [0.1, 0.15) is 18.9 Å². The fourth-order valence-electron chi connectivity index (χ4n) is 2.13. The lowest BCUT2D eigenvalue weighted by Crippen LogP contribution is -2.26. The van der Waals surface area contributed by atoms with E-state index < -0.39 is 17.1 Å². The number of thioether (sulfide) groups is 1. The minimum Gasteiger partial charge on any atom is -0.490 e. The van der Waals surface area contributed by atoms with Crippen molar-refractivity contribution in [3.8, 4) is 11.5 Å². The molecule has 1 saturated heterocycles. The minimum atomic E-state index is -1.05. The van der Waals surface area contributed by atoms with E-state index in [4.69, 9.17) is 14.6 Å². The summed E-state index contributed by atoms with van der Waals surface area (Å²) in [6.45, 7) is 6.26. The lowest BCUT2D eigenvalue weighted by atomic mass is 10.2. The fraction of sp³-hybridized carbons (Fsp3) is 0.294. The van der Waals surface area contributed by atoms with Crippen LogP contribution in [-0.2, 0) is 9.59 Å². The molecule has 0 spiro atoms. The molecule has 2 rings (SSSR count). The van der Waals surface area contributed by atoms with Crippen LogP contribution in [-0.4, -0.2) is 46.8 Å². The third kappa shape index (κ3) is 5.82. The molecule has 1 fully saturated rings. The van der Waals surface area contributed by atoms with Gasteiger partial charge in [-0.2, -0.15) is 5.10 Å². The number of hydrogen-bond acceptors (Lipinski definition) is 7. The van der Waals surface area contributed by atoms with Crippen molar-refractivity contribution in [1.82, 2.24) is 5.32 Å². The SMILES string of the molecule is C=CCOc1c(OCC)cc(C=NN=C2NC(=O)C(CC(=O)O)S2)c(Br)c1Br. The van der Waals surface area contributed by atoms with Crippen LogP contribution in [0.2, 0.25) is 0 Å². The second kappa shape index (κ2) is 10.6. The molecular formula is C17H17Br2N3O5S. The summed E-state index contributed by atoms with van der Waals surface area (Å²) >= 11 is 7.99. The summed E-state index contributed by atoms with van der Waals surface area (Å²) in [6.07, 6.45) is 2.84. The van der Waals surface area contributed by atoms with Crippen molar-refractivity contribution in [2.45, 2.75) is 18.6 Å². The van der Waals surface area contributed by atoms with E-state index in [1.807, 2.05) is 6.92 Å². The predicted octanol–water partition coefficient (Wildman–Crippen LogP) is 3.57. The lowest BCUT2D eigenvalue weighted by molar-refractivity contribution is -0.138. The molecular weight excluding hydrogens is 518 g/mol. The Kier molecular flexibility index (Phi) is 8.52. The van der Waals surface area contributed by atoms with Gasteiger partial charge in [-0.15, -0.1) is 5.10 Å². The van der Waals surface area contributed by atoms with Crippen molar-refractivity contribution in [3.05, 3.63) is 33.2 Å². The highest BCUT2D eigenvalue weighted by Gasteiger charge is 2.32. The fourth-order valence-corrected chi connectivity index (χ4v) is 3.98. The largest absolute Gasteiger partial charge is 0.490 e. The number of aliphatic carboxylic acids is 1. The molecule has 1 unspecified atom stereocenters. The Bertz CT molecular complexity index is 845. The normalized spacial score (nSPS) is 17.8. The molecule has 11 heteroatoms. The summed E-state index contributed by atoms with van der Waals surface area (Å²) in [5.41, 5.74) is 0.669. The average Bonchev–Trinajstić information content (AvgIpc) is 2.98. The third-order valence-corrected chi connectivity index (χ3v) is 6.50. The molecule has 0 radical (unpaired) electrons. The van der Waals surface area contributed by atoms with Gasteiger partial charge in [0.1, 0.15) is 11.9 Å². The minimum absolute atomic E-state index is 0.249. The molecule has 1 aromatic carbocycles. The van der Waals surface area contributed by atoms with E-state index in [2.05, 4.69) is 54.0 Å². The summed E-state index contributed by atoms with van der Waals surface area (Å²) in [5.74, 6) is -0.383. The van der Waals surface area contributed by atoms with E-state index in [1.165, 1.54) is 6.21 Å². The zero-order valence-electron chi connectivity index (χ0n) is 14.8. The van der Waals surface area contributed by atoms with Gasteiger partial charge in [0, 0.05) is 10.0 Å². The van der Waals surface area contributed by atoms with E-state index >= 15 is 0 Å². The first-order chi connectivity index (χ1) is 13.4. The first-order valence-electron chi connectivity index (χ1n) is 8.06. The van der Waals surface area contributed by atoms with Crippen molar-refractivity contribution >= 4 is 66.9 Å². The Labute approximate surface area is 182 Å². The van der Waals surface area contributed by atoms with Gasteiger partial charge in [-0.3, -0.25) is 9.59 Å². The molecule has 0 bridgehead atoms. The Balaban J connectivity index is 2.22. The molecule has 2 N–H and O–H groups in total. The number of nitrogens with zero attached hydrogens (tertiary/aromatic N) is 2. The van der Waals surface area contributed by atoms with Gasteiger partial charge >= 0.3 is 5.97 Å². The quantitative estimate of drug-likeness (QED) is 0.285. The number of ether oxygens (including phenoxy) is 2. The summed E-state index contributed by atoms with van der Waals surface area (Å²) in [6, 6.07) is 1.74. The van der Waals surface area contributed by atoms with Crippen LogP contribution in [0.25, 0.3) is 0 Å². The lowest BCUT2D eigenvalue weighted by Gasteiger charge is -2.15. The van der Waals surface area contributed by atoms with Gasteiger partial charge in [0.15, 0.2) is 16.7 Å². The first kappa shape index (κ1) is 22.4. The second-order valence-corrected chi connectivity index (χ2v) is 8.07. The van der Waals surface area contributed by atoms with Crippen LogP contribution in [0.15, 0.2) is 37.9 Å². The molecule has 1 aromatic rings. The second-order valence-electron chi connectivity index (χ2n) is 5.30. The van der Waals surface area contributed by atoms with Crippen LogP contribution in [0.4, 0.5) is 0 Å². The molecule has 150 valence electrons. The highest BCUT2D eigenvalue weighted by Crippen LogP contribution is 2.42. The first-order valence-corrected chi connectivity index (χ1v) is 10.5. The number of carbonyl (C=O) groups excluding carboxylic acids is 1. The van der Waals surface area contributed by atoms with Gasteiger partial charge in [-0.05, 0) is 44.8 Å². The van der Waals surface area contributed by atoms with Crippen molar-refractivity contribution in [2.24, 2.45) is 10.2 Å². The highest BCUT2D eigenvalue weighted by atomic mass is 79.9. The summed E-state index contributed by atoms with van der Waals surface area (Å²) in [5, 5.41) is 18.8. The zero-order valence-corrected chi connectivity index (χ0v) is 18.8. The smallest absolute Gasteiger partial charge is 0.305 e. The van der Waals surface area contributed by atoms with E-state index in [9.17, 15) is 9.59 Å². The Morgan fingerprint density at radius 1 is 1.43 bits per heavy atom. The number of carboxylic acid groups (broad SMARTS) is 1. The summed E-state index contributed by atoms with van der Waals surface area (Å²) in [7, 11) is 0. The number of carbonyl (C=O) groups is 2. The molecule has 0 aliphatic carbocycles. The Morgan fingerprint density at radius 3 is 2.82 bits per heavy atom. The summed E-state index contributed by atoms with van der Waals surface area (Å²) in [4.78, 5) is 22.5. The average molecular weight is 535 g/mol. The molecule has 0 saturated carbocycles. The van der Waals surface area contributed by atoms with Crippen molar-refractivity contribution < 1.29 is 24.2 Å². The van der Waals surface area contributed by atoms with Crippen molar-refractivity contribution in [1.29, 1.82) is 0 Å². The number of halogens is 2. The van der Waals surface area contributed by atoms with Crippen molar-refractivity contribution in [3.63, 3.8) is 0 Å². The maximum Gasteiger partial charge on any atom is 0.305 e. The van der Waals surface area contributed by atoms with Gasteiger partial charge in [0.2, 0.25) is 5.91 Å². The number of amidine groups is 1. The molecule has 1 aliphatic heterocycles. The predicted molar refractivity (Wildman–Crippen MR) is 116 cm³/mol. The number of nitrogens with one attached hydrogen (secondary N) is 1. The van der Waals surface area contributed by atoms with Gasteiger partial charge in [0.25, 0.3) is 0 Å². The van der Waals surface area contributed by atoms with Gasteiger partial charge in [0.05, 0.1) is 23.7 Å². The van der Waals surface area contributed by atoms with Gasteiger partial charge < -0.3 is 19.9 Å². The van der Waals surface area contributed by atoms with Crippen LogP contribution < -0.4 is 14.8 Å². The molecule has 1 heterocycles. The molecule has 28 heavy (non-hydrogen) atoms. The topological polar surface area (TPSA) is 110 Å². The van der Waals surface area contributed by atoms with Crippen LogP contribution >= 0.6 is 43.6 Å². The summed E-state index contributed by atoms with van der Waals surface area (Å²) < 4.78 is 12.6. The number of benzene rings is 1. The molecule has 1 atom stereocenters. The van der Waals surface area contributed by atoms with Crippen LogP contribution in [0, 0.1) is 0 Å². The highest BCUT2D eigenvalue weighted by molar-refractivity contribution is 9.13. The number of hydrogen-bond donors (Lipinski definition) is 2. The maximum atomic E-state index is 11.7. The van der Waals surface area contributed by atoms with Gasteiger partial charge in [-0.1, -0.05) is 24.4 Å². The molecule has 1 aliphatic rings. The Hall–Kier alpha value is -1.85. The van der Waals surface area contributed by atoms with Crippen LogP contribution in [0.5, 0.6) is 11.5 Å². The monoisotopic (exact) mass is 533 g/mol. The van der Waals surface area contributed by atoms with E-state index in [-0.39, 0.29) is 11.6 Å². The van der Waals surface area contributed by atoms with E-state index in [0.29, 0.717) is 39.2 Å². The maximum absolute atomic E-state index is 11.7. The Morgan fingerprint density at radius 2 is 2.18 bits per heavy atom. The number of amides is 1. The van der Waals surface area contributed by atoms with Crippen molar-refractivity contribution in [2.75, 3.05) is 13.2 Å². The third-order valence-electron chi connectivity index (χ3n) is 3.28. The zero-order chi connectivity index (χ0) is 20.7. The molecule has 1 amide bonds. The van der Waals surface area contributed by atoms with Gasteiger partial charge in [-0.25, -0.2) is 0 Å². The van der Waals surface area contributed by atoms with Crippen LogP contribution in [0.3, 0.4) is 0 Å². The number of rotatable bonds is 9. The molecule has 8 nitrogen and oxygen atoms in total. The molecule has 0 aromatic heterocycles. The number of carboxylic acids is 1. The van der Waals surface area contributed by atoms with E-state index in [0.717, 1.165) is 11.8 Å².